The molecule has 1 atom stereocenters. The van der Waals surface area contributed by atoms with Crippen LogP contribution in [0.25, 0.3) is 0 Å². The van der Waals surface area contributed by atoms with Gasteiger partial charge in [-0.2, -0.15) is 5.10 Å². The Labute approximate surface area is 140 Å². The summed E-state index contributed by atoms with van der Waals surface area (Å²) in [5.74, 6) is 0.822. The molecule has 6 heteroatoms. The highest BCUT2D eigenvalue weighted by molar-refractivity contribution is 7.09. The van der Waals surface area contributed by atoms with Crippen molar-refractivity contribution in [1.29, 1.82) is 0 Å². The summed E-state index contributed by atoms with van der Waals surface area (Å²) in [7, 11) is 0. The Balaban J connectivity index is 1.49. The van der Waals surface area contributed by atoms with E-state index in [9.17, 15) is 4.79 Å². The molecule has 2 fully saturated rings. The number of hydrogen-bond donors (Lipinski definition) is 1. The van der Waals surface area contributed by atoms with E-state index in [1.54, 1.807) is 17.5 Å². The largest absolute Gasteiger partial charge is 0.323 e. The van der Waals surface area contributed by atoms with Crippen molar-refractivity contribution in [3.05, 3.63) is 34.7 Å². The van der Waals surface area contributed by atoms with E-state index >= 15 is 0 Å². The highest BCUT2D eigenvalue weighted by Crippen LogP contribution is 2.37. The van der Waals surface area contributed by atoms with Gasteiger partial charge in [-0.3, -0.25) is 5.32 Å². The van der Waals surface area contributed by atoms with E-state index < -0.39 is 0 Å². The fourth-order valence-electron chi connectivity index (χ4n) is 3.54. The van der Waals surface area contributed by atoms with Crippen molar-refractivity contribution >= 4 is 23.2 Å². The second-order valence-corrected chi connectivity index (χ2v) is 7.86. The molecule has 0 bridgehead atoms. The van der Waals surface area contributed by atoms with Crippen molar-refractivity contribution in [3.63, 3.8) is 0 Å². The van der Waals surface area contributed by atoms with Crippen molar-refractivity contribution < 1.29 is 4.79 Å². The normalized spacial score (nSPS) is 24.1. The van der Waals surface area contributed by atoms with Crippen LogP contribution in [0.3, 0.4) is 0 Å². The zero-order valence-corrected chi connectivity index (χ0v) is 14.2. The Morgan fingerprint density at radius 3 is 3.09 bits per heavy atom. The molecule has 1 unspecified atom stereocenters. The number of carbonyl (C=O) groups is 1. The van der Waals surface area contributed by atoms with Crippen molar-refractivity contribution in [2.45, 2.75) is 50.6 Å². The molecule has 122 valence electrons. The summed E-state index contributed by atoms with van der Waals surface area (Å²) >= 11 is 1.77. The summed E-state index contributed by atoms with van der Waals surface area (Å²) in [5, 5.41) is 9.52. The fourth-order valence-corrected chi connectivity index (χ4v) is 4.43. The van der Waals surface area contributed by atoms with Gasteiger partial charge in [0.1, 0.15) is 5.82 Å². The molecule has 0 spiro atoms. The summed E-state index contributed by atoms with van der Waals surface area (Å²) in [4.78, 5) is 16.2. The molecular formula is C17H22N4OS. The Morgan fingerprint density at radius 1 is 1.48 bits per heavy atom. The van der Waals surface area contributed by atoms with E-state index in [0.717, 1.165) is 44.5 Å². The summed E-state index contributed by atoms with van der Waals surface area (Å²) in [5.41, 5.74) is -0.0978. The Kier molecular flexibility index (Phi) is 3.64. The van der Waals surface area contributed by atoms with E-state index in [1.165, 1.54) is 4.88 Å². The first kappa shape index (κ1) is 14.8. The van der Waals surface area contributed by atoms with Gasteiger partial charge in [0.15, 0.2) is 0 Å². The van der Waals surface area contributed by atoms with E-state index in [2.05, 4.69) is 34.9 Å². The van der Waals surface area contributed by atoms with Crippen LogP contribution in [-0.4, -0.2) is 32.8 Å². The first-order valence-electron chi connectivity index (χ1n) is 8.30. The van der Waals surface area contributed by atoms with E-state index in [0.29, 0.717) is 6.04 Å². The van der Waals surface area contributed by atoms with Gasteiger partial charge in [0.2, 0.25) is 0 Å². The van der Waals surface area contributed by atoms with E-state index in [-0.39, 0.29) is 11.6 Å². The van der Waals surface area contributed by atoms with Gasteiger partial charge >= 0.3 is 6.03 Å². The van der Waals surface area contributed by atoms with Gasteiger partial charge in [0.25, 0.3) is 0 Å². The summed E-state index contributed by atoms with van der Waals surface area (Å²) in [6.45, 7) is 3.03. The van der Waals surface area contributed by atoms with Crippen LogP contribution in [0.15, 0.2) is 29.8 Å². The predicted octanol–water partition coefficient (Wildman–Crippen LogP) is 3.91. The maximum atomic E-state index is 12.8. The van der Waals surface area contributed by atoms with Crippen LogP contribution in [-0.2, 0) is 6.42 Å². The predicted molar refractivity (Wildman–Crippen MR) is 91.9 cm³/mol. The number of hydrogen-bond acceptors (Lipinski definition) is 3. The van der Waals surface area contributed by atoms with Crippen LogP contribution in [0.2, 0.25) is 0 Å². The maximum absolute atomic E-state index is 12.8. The number of rotatable bonds is 4. The number of aromatic nitrogens is 2. The van der Waals surface area contributed by atoms with Gasteiger partial charge in [-0.05, 0) is 44.1 Å². The average Bonchev–Trinajstić information content (AvgIpc) is 2.91. The van der Waals surface area contributed by atoms with Crippen LogP contribution < -0.4 is 5.32 Å². The topological polar surface area (TPSA) is 50.2 Å². The molecule has 1 saturated heterocycles. The molecule has 2 amide bonds. The molecule has 1 aliphatic carbocycles. The fraction of sp³-hybridized carbons (Fsp3) is 0.529. The number of nitrogens with one attached hydrogen (secondary N) is 1. The molecule has 0 radical (unpaired) electrons. The SMILES string of the molecule is CC1(Cc2cccs2)CCCN1C(=O)Nc1ccnn1C1CC1. The van der Waals surface area contributed by atoms with Crippen LogP contribution in [0, 0.1) is 0 Å². The lowest BCUT2D eigenvalue weighted by Crippen LogP contribution is -2.48. The molecule has 2 aliphatic rings. The number of amides is 2. The summed E-state index contributed by atoms with van der Waals surface area (Å²) in [6.07, 6.45) is 7.13. The third-order valence-corrected chi connectivity index (χ3v) is 5.80. The van der Waals surface area contributed by atoms with Crippen LogP contribution in [0.1, 0.15) is 43.5 Å². The second-order valence-electron chi connectivity index (χ2n) is 6.83. The molecule has 2 aromatic heterocycles. The standard InChI is InChI=1S/C17H22N4OS/c1-17(12-14-4-2-11-23-14)8-3-10-20(17)16(22)19-15-7-9-18-21(15)13-5-6-13/h2,4,7,9,11,13H,3,5-6,8,10,12H2,1H3,(H,19,22). The summed E-state index contributed by atoms with van der Waals surface area (Å²) in [6, 6.07) is 6.60. The van der Waals surface area contributed by atoms with Gasteiger partial charge < -0.3 is 4.90 Å². The quantitative estimate of drug-likeness (QED) is 0.924. The lowest BCUT2D eigenvalue weighted by molar-refractivity contribution is 0.168. The molecule has 1 N–H and O–H groups in total. The zero-order valence-electron chi connectivity index (χ0n) is 13.4. The van der Waals surface area contributed by atoms with Crippen LogP contribution in [0.5, 0.6) is 0 Å². The summed E-state index contributed by atoms with van der Waals surface area (Å²) < 4.78 is 1.95. The molecule has 3 heterocycles. The third kappa shape index (κ3) is 2.87. The molecule has 1 aliphatic heterocycles. The Bertz CT molecular complexity index is 691. The van der Waals surface area contributed by atoms with Gasteiger partial charge in [0, 0.05) is 29.4 Å². The number of carbonyl (C=O) groups excluding carboxylic acids is 1. The minimum absolute atomic E-state index is 0.00366. The highest BCUT2D eigenvalue weighted by Gasteiger charge is 2.40. The molecule has 4 rings (SSSR count). The minimum atomic E-state index is -0.0978. The van der Waals surface area contributed by atoms with Crippen molar-refractivity contribution in [1.82, 2.24) is 14.7 Å². The first-order chi connectivity index (χ1) is 11.2. The van der Waals surface area contributed by atoms with Crippen LogP contribution in [0.4, 0.5) is 10.6 Å². The van der Waals surface area contributed by atoms with Crippen molar-refractivity contribution in [3.8, 4) is 0 Å². The number of nitrogens with zero attached hydrogens (tertiary/aromatic N) is 3. The number of thiophene rings is 1. The lowest BCUT2D eigenvalue weighted by Gasteiger charge is -2.35. The molecule has 1 saturated carbocycles. The van der Waals surface area contributed by atoms with Gasteiger partial charge in [-0.1, -0.05) is 6.07 Å². The smallest absolute Gasteiger partial charge is 0.319 e. The highest BCUT2D eigenvalue weighted by atomic mass is 32.1. The Hall–Kier alpha value is -1.82. The van der Waals surface area contributed by atoms with E-state index in [4.69, 9.17) is 0 Å². The first-order valence-corrected chi connectivity index (χ1v) is 9.18. The minimum Gasteiger partial charge on any atom is -0.319 e. The monoisotopic (exact) mass is 330 g/mol. The van der Waals surface area contributed by atoms with Gasteiger partial charge in [-0.25, -0.2) is 9.48 Å². The van der Waals surface area contributed by atoms with Gasteiger partial charge in [-0.15, -0.1) is 11.3 Å². The molecule has 2 aromatic rings. The molecule has 23 heavy (non-hydrogen) atoms. The number of likely N-dealkylation sites (tertiary alicyclic amines) is 1. The lowest BCUT2D eigenvalue weighted by atomic mass is 9.94. The molecule has 0 aromatic carbocycles. The number of urea groups is 1. The van der Waals surface area contributed by atoms with Crippen molar-refractivity contribution in [2.75, 3.05) is 11.9 Å². The average molecular weight is 330 g/mol. The Morgan fingerprint density at radius 2 is 2.35 bits per heavy atom. The second kappa shape index (κ2) is 5.67. The number of anilines is 1. The zero-order chi connectivity index (χ0) is 15.9. The van der Waals surface area contributed by atoms with Gasteiger partial charge in [0.05, 0.1) is 12.2 Å². The molecular weight excluding hydrogens is 308 g/mol. The van der Waals surface area contributed by atoms with E-state index in [1.807, 2.05) is 15.6 Å². The van der Waals surface area contributed by atoms with Crippen LogP contribution >= 0.6 is 11.3 Å². The molecule has 5 nitrogen and oxygen atoms in total. The van der Waals surface area contributed by atoms with Crippen molar-refractivity contribution in [2.24, 2.45) is 0 Å². The third-order valence-electron chi connectivity index (χ3n) is 4.93. The maximum Gasteiger partial charge on any atom is 0.323 e.